The van der Waals surface area contributed by atoms with Crippen molar-refractivity contribution >= 4 is 27.7 Å². The Morgan fingerprint density at radius 3 is 2.95 bits per heavy atom. The lowest BCUT2D eigenvalue weighted by atomic mass is 10.2. The first-order valence-electron chi connectivity index (χ1n) is 6.62. The Hall–Kier alpha value is -1.96. The molecule has 1 amide bonds. The van der Waals surface area contributed by atoms with Crippen LogP contribution in [0.1, 0.15) is 29.5 Å². The smallest absolute Gasteiger partial charge is 0.255 e. The van der Waals surface area contributed by atoms with Crippen molar-refractivity contribution in [2.24, 2.45) is 7.05 Å². The van der Waals surface area contributed by atoms with Crippen LogP contribution < -0.4 is 10.6 Å². The zero-order chi connectivity index (χ0) is 15.2. The molecule has 0 atom stereocenters. The second-order valence-electron chi connectivity index (χ2n) is 4.52. The zero-order valence-electron chi connectivity index (χ0n) is 11.9. The van der Waals surface area contributed by atoms with E-state index in [1.54, 1.807) is 23.2 Å². The molecule has 0 bridgehead atoms. The molecule has 2 aromatic heterocycles. The van der Waals surface area contributed by atoms with Crippen LogP contribution in [0.3, 0.4) is 0 Å². The number of carbonyl (C=O) groups is 1. The molecule has 2 aromatic rings. The summed E-state index contributed by atoms with van der Waals surface area (Å²) in [6.07, 6.45) is 4.21. The molecule has 2 heterocycles. The van der Waals surface area contributed by atoms with Crippen LogP contribution in [-0.2, 0) is 13.6 Å². The molecule has 2 rings (SSSR count). The number of hydrogen-bond donors (Lipinski definition) is 2. The number of aryl methyl sites for hydroxylation is 1. The van der Waals surface area contributed by atoms with Gasteiger partial charge in [-0.25, -0.2) is 4.98 Å². The molecule has 0 aliphatic heterocycles. The highest BCUT2D eigenvalue weighted by Crippen LogP contribution is 2.18. The number of rotatable bonds is 6. The monoisotopic (exact) mass is 352 g/mol. The molecule has 0 fully saturated rings. The van der Waals surface area contributed by atoms with Crippen molar-refractivity contribution in [2.45, 2.75) is 19.9 Å². The van der Waals surface area contributed by atoms with Gasteiger partial charge in [0.2, 0.25) is 0 Å². The highest BCUT2D eigenvalue weighted by atomic mass is 79.9. The van der Waals surface area contributed by atoms with Gasteiger partial charge >= 0.3 is 0 Å². The molecule has 0 saturated heterocycles. The van der Waals surface area contributed by atoms with Crippen LogP contribution in [0.2, 0.25) is 0 Å². The van der Waals surface area contributed by atoms with Gasteiger partial charge in [-0.15, -0.1) is 10.2 Å². The van der Waals surface area contributed by atoms with Gasteiger partial charge in [0, 0.05) is 24.3 Å². The first-order valence-corrected chi connectivity index (χ1v) is 7.41. The maximum atomic E-state index is 12.3. The summed E-state index contributed by atoms with van der Waals surface area (Å²) in [7, 11) is 1.83. The number of hydrogen-bond acceptors (Lipinski definition) is 5. The van der Waals surface area contributed by atoms with Gasteiger partial charge in [-0.1, -0.05) is 6.92 Å². The summed E-state index contributed by atoms with van der Waals surface area (Å²) < 4.78 is 2.52. The van der Waals surface area contributed by atoms with E-state index < -0.39 is 0 Å². The minimum atomic E-state index is -0.203. The summed E-state index contributed by atoms with van der Waals surface area (Å²) in [5, 5.41) is 13.7. The minimum Gasteiger partial charge on any atom is -0.369 e. The lowest BCUT2D eigenvalue weighted by molar-refractivity contribution is 0.0950. The van der Waals surface area contributed by atoms with Gasteiger partial charge in [0.1, 0.15) is 12.1 Å². The standard InChI is InChI=1S/C13H17BrN6O/c1-3-4-15-12-10(5-9(14)6-16-12)13(21)17-7-11-19-18-8-20(11)2/h5-6,8H,3-4,7H2,1-2H3,(H,15,16)(H,17,21). The number of aromatic nitrogens is 4. The fraction of sp³-hybridized carbons (Fsp3) is 0.385. The number of pyridine rings is 1. The molecule has 0 unspecified atom stereocenters. The summed E-state index contributed by atoms with van der Waals surface area (Å²) in [4.78, 5) is 16.6. The van der Waals surface area contributed by atoms with Gasteiger partial charge in [0.05, 0.1) is 12.1 Å². The summed E-state index contributed by atoms with van der Waals surface area (Å²) in [5.74, 6) is 1.07. The topological polar surface area (TPSA) is 84.7 Å². The highest BCUT2D eigenvalue weighted by molar-refractivity contribution is 9.10. The SMILES string of the molecule is CCCNc1ncc(Br)cc1C(=O)NCc1nncn1C. The number of amides is 1. The van der Waals surface area contributed by atoms with Crippen molar-refractivity contribution in [3.8, 4) is 0 Å². The van der Waals surface area contributed by atoms with E-state index in [-0.39, 0.29) is 5.91 Å². The van der Waals surface area contributed by atoms with Crippen LogP contribution in [0.25, 0.3) is 0 Å². The van der Waals surface area contributed by atoms with Gasteiger partial charge in [-0.3, -0.25) is 4.79 Å². The van der Waals surface area contributed by atoms with E-state index in [1.807, 2.05) is 7.05 Å². The van der Waals surface area contributed by atoms with E-state index in [0.29, 0.717) is 23.8 Å². The van der Waals surface area contributed by atoms with E-state index in [4.69, 9.17) is 0 Å². The van der Waals surface area contributed by atoms with Crippen LogP contribution in [0.4, 0.5) is 5.82 Å². The molecular formula is C13H17BrN6O. The van der Waals surface area contributed by atoms with Crippen molar-refractivity contribution in [1.82, 2.24) is 25.1 Å². The van der Waals surface area contributed by atoms with Crippen molar-refractivity contribution in [3.63, 3.8) is 0 Å². The molecule has 112 valence electrons. The quantitative estimate of drug-likeness (QED) is 0.826. The molecule has 2 N–H and O–H groups in total. The van der Waals surface area contributed by atoms with Gasteiger partial charge in [-0.2, -0.15) is 0 Å². The van der Waals surface area contributed by atoms with E-state index in [9.17, 15) is 4.79 Å². The first kappa shape index (κ1) is 15.4. The van der Waals surface area contributed by atoms with Crippen LogP contribution >= 0.6 is 15.9 Å². The second kappa shape index (κ2) is 7.16. The largest absolute Gasteiger partial charge is 0.369 e. The van der Waals surface area contributed by atoms with Crippen LogP contribution in [0.15, 0.2) is 23.1 Å². The molecule has 0 aliphatic carbocycles. The Kier molecular flexibility index (Phi) is 5.26. The third-order valence-corrected chi connectivity index (χ3v) is 3.29. The molecule has 21 heavy (non-hydrogen) atoms. The lowest BCUT2D eigenvalue weighted by Crippen LogP contribution is -2.26. The van der Waals surface area contributed by atoms with Crippen LogP contribution in [-0.4, -0.2) is 32.2 Å². The van der Waals surface area contributed by atoms with Gasteiger partial charge < -0.3 is 15.2 Å². The Morgan fingerprint density at radius 1 is 1.48 bits per heavy atom. The summed E-state index contributed by atoms with van der Waals surface area (Å²) >= 11 is 3.34. The normalized spacial score (nSPS) is 10.4. The predicted octanol–water partition coefficient (Wildman–Crippen LogP) is 1.72. The first-order chi connectivity index (χ1) is 10.1. The fourth-order valence-electron chi connectivity index (χ4n) is 1.72. The Morgan fingerprint density at radius 2 is 2.29 bits per heavy atom. The van der Waals surface area contributed by atoms with Gasteiger partial charge in [0.15, 0.2) is 5.82 Å². The number of anilines is 1. The third kappa shape index (κ3) is 4.01. The predicted molar refractivity (Wildman–Crippen MR) is 82.9 cm³/mol. The van der Waals surface area contributed by atoms with Crippen LogP contribution in [0, 0.1) is 0 Å². The van der Waals surface area contributed by atoms with Crippen molar-refractivity contribution in [1.29, 1.82) is 0 Å². The molecule has 7 nitrogen and oxygen atoms in total. The average Bonchev–Trinajstić information content (AvgIpc) is 2.88. The number of nitrogens with one attached hydrogen (secondary N) is 2. The molecule has 0 aromatic carbocycles. The molecule has 8 heteroatoms. The average molecular weight is 353 g/mol. The van der Waals surface area contributed by atoms with E-state index in [1.165, 1.54) is 0 Å². The van der Waals surface area contributed by atoms with E-state index >= 15 is 0 Å². The molecule has 0 aliphatic rings. The van der Waals surface area contributed by atoms with Crippen LogP contribution in [0.5, 0.6) is 0 Å². The highest BCUT2D eigenvalue weighted by Gasteiger charge is 2.14. The van der Waals surface area contributed by atoms with Gasteiger partial charge in [-0.05, 0) is 28.4 Å². The zero-order valence-corrected chi connectivity index (χ0v) is 13.5. The lowest BCUT2D eigenvalue weighted by Gasteiger charge is -2.11. The van der Waals surface area contributed by atoms with Crippen molar-refractivity contribution in [2.75, 3.05) is 11.9 Å². The Bertz CT molecular complexity index is 627. The molecule has 0 spiro atoms. The maximum Gasteiger partial charge on any atom is 0.255 e. The summed E-state index contributed by atoms with van der Waals surface area (Å²) in [6, 6.07) is 1.75. The number of halogens is 1. The molecule has 0 radical (unpaired) electrons. The fourth-order valence-corrected chi connectivity index (χ4v) is 2.05. The van der Waals surface area contributed by atoms with Crippen molar-refractivity contribution in [3.05, 3.63) is 34.5 Å². The van der Waals surface area contributed by atoms with E-state index in [2.05, 4.69) is 48.7 Å². The summed E-state index contributed by atoms with van der Waals surface area (Å²) in [6.45, 7) is 3.13. The Balaban J connectivity index is 2.10. The number of nitrogens with zero attached hydrogens (tertiary/aromatic N) is 4. The minimum absolute atomic E-state index is 0.203. The second-order valence-corrected chi connectivity index (χ2v) is 5.43. The summed E-state index contributed by atoms with van der Waals surface area (Å²) in [5.41, 5.74) is 0.500. The Labute approximate surface area is 131 Å². The molecular weight excluding hydrogens is 336 g/mol. The molecule has 0 saturated carbocycles. The van der Waals surface area contributed by atoms with Crippen molar-refractivity contribution < 1.29 is 4.79 Å². The van der Waals surface area contributed by atoms with Gasteiger partial charge in [0.25, 0.3) is 5.91 Å². The maximum absolute atomic E-state index is 12.3. The van der Waals surface area contributed by atoms with E-state index in [0.717, 1.165) is 17.4 Å². The third-order valence-electron chi connectivity index (χ3n) is 2.85. The number of carbonyl (C=O) groups excluding carboxylic acids is 1.